The maximum absolute atomic E-state index is 11.8. The summed E-state index contributed by atoms with van der Waals surface area (Å²) < 4.78 is 0. The van der Waals surface area contributed by atoms with E-state index >= 15 is 0 Å². The van der Waals surface area contributed by atoms with E-state index in [1.54, 1.807) is 0 Å². The molecule has 0 aliphatic rings. The highest BCUT2D eigenvalue weighted by Crippen LogP contribution is 2.22. The van der Waals surface area contributed by atoms with Crippen LogP contribution in [0.15, 0.2) is 0 Å². The van der Waals surface area contributed by atoms with E-state index in [1.807, 2.05) is 6.92 Å². The van der Waals surface area contributed by atoms with Crippen LogP contribution >= 0.6 is 0 Å². The van der Waals surface area contributed by atoms with E-state index in [4.69, 9.17) is 0 Å². The molecule has 0 saturated carbocycles. The van der Waals surface area contributed by atoms with Crippen LogP contribution in [0.2, 0.25) is 0 Å². The Bertz CT molecular complexity index is 236. The van der Waals surface area contributed by atoms with E-state index < -0.39 is 0 Å². The minimum atomic E-state index is -0.171. The molecule has 0 aliphatic heterocycles. The zero-order valence-electron chi connectivity index (χ0n) is 11.4. The molecule has 0 radical (unpaired) electrons. The van der Waals surface area contributed by atoms with Crippen LogP contribution < -0.4 is 0 Å². The molecule has 0 aromatic rings. The van der Waals surface area contributed by atoms with Crippen LogP contribution in [0, 0.1) is 11.3 Å². The number of Topliss-reactive ketones (excluding diaryl/α,β-unsaturated/α-hetero) is 2. The van der Waals surface area contributed by atoms with Crippen molar-refractivity contribution in [2.75, 3.05) is 0 Å². The summed E-state index contributed by atoms with van der Waals surface area (Å²) >= 11 is 0. The lowest BCUT2D eigenvalue weighted by Gasteiger charge is -2.18. The number of rotatable bonds is 7. The van der Waals surface area contributed by atoms with Crippen molar-refractivity contribution in [1.29, 1.82) is 0 Å². The van der Waals surface area contributed by atoms with Crippen LogP contribution in [0.25, 0.3) is 0 Å². The molecule has 0 aromatic heterocycles. The van der Waals surface area contributed by atoms with Gasteiger partial charge in [-0.25, -0.2) is 0 Å². The van der Waals surface area contributed by atoms with Gasteiger partial charge in [0, 0.05) is 12.3 Å². The first-order valence-corrected chi connectivity index (χ1v) is 6.38. The number of carbonyl (C=O) groups is 2. The van der Waals surface area contributed by atoms with E-state index in [0.29, 0.717) is 6.42 Å². The Hall–Kier alpha value is -0.660. The molecule has 0 aromatic carbocycles. The number of ketones is 2. The van der Waals surface area contributed by atoms with Gasteiger partial charge in [-0.2, -0.15) is 0 Å². The average Bonchev–Trinajstić information content (AvgIpc) is 2.20. The highest BCUT2D eigenvalue weighted by molar-refractivity contribution is 6.37. The quantitative estimate of drug-likeness (QED) is 0.619. The van der Waals surface area contributed by atoms with Gasteiger partial charge in [-0.1, -0.05) is 41.0 Å². The molecule has 0 heterocycles. The maximum Gasteiger partial charge on any atom is 0.201 e. The summed E-state index contributed by atoms with van der Waals surface area (Å²) in [4.78, 5) is 23.5. The van der Waals surface area contributed by atoms with E-state index in [2.05, 4.69) is 27.7 Å². The van der Waals surface area contributed by atoms with Gasteiger partial charge in [0.15, 0.2) is 5.78 Å². The molecule has 0 spiro atoms. The molecule has 94 valence electrons. The third-order valence-electron chi connectivity index (χ3n) is 2.88. The van der Waals surface area contributed by atoms with Gasteiger partial charge >= 0.3 is 0 Å². The zero-order chi connectivity index (χ0) is 12.8. The van der Waals surface area contributed by atoms with Gasteiger partial charge in [0.1, 0.15) is 0 Å². The summed E-state index contributed by atoms with van der Waals surface area (Å²) in [6.07, 6.45) is 3.80. The van der Waals surface area contributed by atoms with Gasteiger partial charge in [0.25, 0.3) is 0 Å². The van der Waals surface area contributed by atoms with Crippen molar-refractivity contribution < 1.29 is 9.59 Å². The monoisotopic (exact) mass is 226 g/mol. The Morgan fingerprint density at radius 3 is 2.06 bits per heavy atom. The molecule has 1 unspecified atom stereocenters. The molecule has 2 nitrogen and oxygen atoms in total. The zero-order valence-corrected chi connectivity index (χ0v) is 11.4. The molecule has 0 fully saturated rings. The molecule has 0 N–H and O–H groups in total. The van der Waals surface area contributed by atoms with E-state index in [9.17, 15) is 9.59 Å². The molecule has 0 amide bonds. The van der Waals surface area contributed by atoms with Gasteiger partial charge in [0.05, 0.1) is 0 Å². The molecule has 0 rings (SSSR count). The fraction of sp³-hybridized carbons (Fsp3) is 0.857. The average molecular weight is 226 g/mol. The molecule has 16 heavy (non-hydrogen) atoms. The minimum absolute atomic E-state index is 0.0440. The fourth-order valence-corrected chi connectivity index (χ4v) is 1.71. The Labute approximate surface area is 99.8 Å². The standard InChI is InChI=1S/C14H26O2/c1-6-8-11(7-2)13(16)12(15)9-10-14(3,4)5/h11H,6-10H2,1-5H3. The summed E-state index contributed by atoms with van der Waals surface area (Å²) in [5.41, 5.74) is 0.127. The normalized spacial score (nSPS) is 13.6. The highest BCUT2D eigenvalue weighted by Gasteiger charge is 2.24. The van der Waals surface area contributed by atoms with Crippen molar-refractivity contribution in [3.05, 3.63) is 0 Å². The van der Waals surface area contributed by atoms with Crippen molar-refractivity contribution >= 4 is 11.6 Å². The molecule has 1 atom stereocenters. The van der Waals surface area contributed by atoms with E-state index in [0.717, 1.165) is 25.7 Å². The Morgan fingerprint density at radius 1 is 1.12 bits per heavy atom. The molecular weight excluding hydrogens is 200 g/mol. The number of hydrogen-bond donors (Lipinski definition) is 0. The predicted octanol–water partition coefficient (Wildman–Crippen LogP) is 3.78. The summed E-state index contributed by atoms with van der Waals surface area (Å²) in [6, 6.07) is 0. The maximum atomic E-state index is 11.8. The van der Waals surface area contributed by atoms with Crippen molar-refractivity contribution in [2.24, 2.45) is 11.3 Å². The lowest BCUT2D eigenvalue weighted by Crippen LogP contribution is -2.24. The SMILES string of the molecule is CCCC(CC)C(=O)C(=O)CCC(C)(C)C. The number of carbonyl (C=O) groups excluding carboxylic acids is 2. The topological polar surface area (TPSA) is 34.1 Å². The highest BCUT2D eigenvalue weighted by atomic mass is 16.2. The van der Waals surface area contributed by atoms with Crippen molar-refractivity contribution in [3.8, 4) is 0 Å². The van der Waals surface area contributed by atoms with Crippen molar-refractivity contribution in [1.82, 2.24) is 0 Å². The van der Waals surface area contributed by atoms with Gasteiger partial charge in [-0.3, -0.25) is 9.59 Å². The van der Waals surface area contributed by atoms with Crippen LogP contribution in [0.5, 0.6) is 0 Å². The summed E-state index contributed by atoms with van der Waals surface area (Å²) in [7, 11) is 0. The number of hydrogen-bond acceptors (Lipinski definition) is 2. The Morgan fingerprint density at radius 2 is 1.69 bits per heavy atom. The summed E-state index contributed by atoms with van der Waals surface area (Å²) in [5, 5.41) is 0. The van der Waals surface area contributed by atoms with Gasteiger partial charge < -0.3 is 0 Å². The van der Waals surface area contributed by atoms with E-state index in [-0.39, 0.29) is 22.9 Å². The molecule has 0 bridgehead atoms. The van der Waals surface area contributed by atoms with Gasteiger partial charge in [-0.05, 0) is 24.7 Å². The molecule has 0 saturated heterocycles. The molecular formula is C14H26O2. The van der Waals surface area contributed by atoms with Gasteiger partial charge in [0.2, 0.25) is 5.78 Å². The van der Waals surface area contributed by atoms with Crippen molar-refractivity contribution in [3.63, 3.8) is 0 Å². The second-order valence-electron chi connectivity index (χ2n) is 5.74. The first-order valence-electron chi connectivity index (χ1n) is 6.38. The second-order valence-corrected chi connectivity index (χ2v) is 5.74. The van der Waals surface area contributed by atoms with E-state index in [1.165, 1.54) is 0 Å². The lowest BCUT2D eigenvalue weighted by atomic mass is 9.86. The summed E-state index contributed by atoms with van der Waals surface area (Å²) in [5.74, 6) is -0.360. The van der Waals surface area contributed by atoms with Crippen LogP contribution in [0.4, 0.5) is 0 Å². The van der Waals surface area contributed by atoms with Crippen LogP contribution in [-0.4, -0.2) is 11.6 Å². The molecule has 2 heteroatoms. The Kier molecular flexibility index (Phi) is 6.54. The Balaban J connectivity index is 4.21. The lowest BCUT2D eigenvalue weighted by molar-refractivity contribution is -0.139. The van der Waals surface area contributed by atoms with Gasteiger partial charge in [-0.15, -0.1) is 0 Å². The second kappa shape index (κ2) is 6.82. The third kappa shape index (κ3) is 6.04. The van der Waals surface area contributed by atoms with Crippen LogP contribution in [0.1, 0.15) is 66.7 Å². The first kappa shape index (κ1) is 15.3. The predicted molar refractivity (Wildman–Crippen MR) is 67.4 cm³/mol. The largest absolute Gasteiger partial charge is 0.291 e. The molecule has 0 aliphatic carbocycles. The first-order chi connectivity index (χ1) is 7.31. The fourth-order valence-electron chi connectivity index (χ4n) is 1.71. The van der Waals surface area contributed by atoms with Crippen LogP contribution in [0.3, 0.4) is 0 Å². The minimum Gasteiger partial charge on any atom is -0.291 e. The van der Waals surface area contributed by atoms with Crippen molar-refractivity contribution in [2.45, 2.75) is 66.7 Å². The van der Waals surface area contributed by atoms with Crippen LogP contribution in [-0.2, 0) is 9.59 Å². The summed E-state index contributed by atoms with van der Waals surface area (Å²) in [6.45, 7) is 10.3. The third-order valence-corrected chi connectivity index (χ3v) is 2.88. The smallest absolute Gasteiger partial charge is 0.201 e.